The summed E-state index contributed by atoms with van der Waals surface area (Å²) in [4.78, 5) is 22.6. The van der Waals surface area contributed by atoms with Crippen molar-refractivity contribution in [2.75, 3.05) is 25.5 Å². The molecule has 3 rings (SSSR count). The molecular weight excluding hydrogens is 388 g/mol. The molecule has 8 heteroatoms. The molecule has 0 bridgehead atoms. The van der Waals surface area contributed by atoms with Crippen molar-refractivity contribution in [2.45, 2.75) is 32.8 Å². The van der Waals surface area contributed by atoms with Crippen LogP contribution < -0.4 is 15.4 Å². The zero-order chi connectivity index (χ0) is 20.8. The molecule has 1 aromatic carbocycles. The third-order valence-corrected chi connectivity index (χ3v) is 5.97. The van der Waals surface area contributed by atoms with Gasteiger partial charge in [-0.05, 0) is 43.0 Å². The van der Waals surface area contributed by atoms with Gasteiger partial charge in [0, 0.05) is 13.1 Å². The number of thiophene rings is 1. The van der Waals surface area contributed by atoms with Crippen LogP contribution in [0.1, 0.15) is 34.1 Å². The summed E-state index contributed by atoms with van der Waals surface area (Å²) in [5.74, 6) is 1.37. The smallest absolute Gasteiger partial charge is 0.261 e. The van der Waals surface area contributed by atoms with Crippen LogP contribution in [-0.2, 0) is 6.42 Å². The van der Waals surface area contributed by atoms with Crippen LogP contribution in [0.15, 0.2) is 30.6 Å². The van der Waals surface area contributed by atoms with Crippen molar-refractivity contribution < 1.29 is 14.6 Å². The molecule has 0 saturated carbocycles. The van der Waals surface area contributed by atoms with E-state index in [9.17, 15) is 9.90 Å². The fourth-order valence-electron chi connectivity index (χ4n) is 2.97. The van der Waals surface area contributed by atoms with Crippen LogP contribution in [0.5, 0.6) is 5.75 Å². The summed E-state index contributed by atoms with van der Waals surface area (Å²) in [6.45, 7) is 4.72. The highest BCUT2D eigenvalue weighted by molar-refractivity contribution is 7.20. The van der Waals surface area contributed by atoms with Crippen molar-refractivity contribution in [3.63, 3.8) is 0 Å². The first kappa shape index (κ1) is 21.0. The normalized spacial score (nSPS) is 12.0. The van der Waals surface area contributed by atoms with Gasteiger partial charge in [-0.15, -0.1) is 11.3 Å². The number of ether oxygens (including phenoxy) is 1. The lowest BCUT2D eigenvalue weighted by Gasteiger charge is -2.09. The van der Waals surface area contributed by atoms with Gasteiger partial charge < -0.3 is 20.5 Å². The van der Waals surface area contributed by atoms with Gasteiger partial charge in [0.1, 0.15) is 22.7 Å². The molecule has 0 fully saturated rings. The maximum Gasteiger partial charge on any atom is 0.261 e. The van der Waals surface area contributed by atoms with Gasteiger partial charge in [-0.2, -0.15) is 0 Å². The molecular formula is C21H26N4O3S. The Morgan fingerprint density at radius 3 is 2.72 bits per heavy atom. The molecule has 2 heterocycles. The third-order valence-electron chi connectivity index (χ3n) is 4.77. The molecule has 1 atom stereocenters. The van der Waals surface area contributed by atoms with Gasteiger partial charge >= 0.3 is 0 Å². The average Bonchev–Trinajstić information content (AvgIpc) is 3.09. The Morgan fingerprint density at radius 2 is 2.03 bits per heavy atom. The number of hydrogen-bond donors (Lipinski definition) is 3. The maximum atomic E-state index is 12.5. The lowest BCUT2D eigenvalue weighted by Crippen LogP contribution is -2.31. The SMILES string of the molecule is CCC(O)CNC(=O)c1sc2ncnc(NCCc3ccc(OC)cc3)c2c1C. The van der Waals surface area contributed by atoms with Crippen molar-refractivity contribution >= 4 is 33.3 Å². The molecule has 154 valence electrons. The lowest BCUT2D eigenvalue weighted by molar-refractivity contribution is 0.0917. The molecule has 0 radical (unpaired) electrons. The molecule has 0 saturated heterocycles. The van der Waals surface area contributed by atoms with Crippen LogP contribution in [0.2, 0.25) is 0 Å². The number of methoxy groups -OCH3 is 1. The van der Waals surface area contributed by atoms with E-state index in [-0.39, 0.29) is 12.5 Å². The van der Waals surface area contributed by atoms with E-state index in [1.807, 2.05) is 38.1 Å². The number of benzene rings is 1. The van der Waals surface area contributed by atoms with Crippen LogP contribution in [0, 0.1) is 6.92 Å². The number of nitrogens with one attached hydrogen (secondary N) is 2. The summed E-state index contributed by atoms with van der Waals surface area (Å²) in [7, 11) is 1.65. The van der Waals surface area contributed by atoms with E-state index < -0.39 is 6.10 Å². The van der Waals surface area contributed by atoms with E-state index >= 15 is 0 Å². The predicted octanol–water partition coefficient (Wildman–Crippen LogP) is 3.16. The second-order valence-electron chi connectivity index (χ2n) is 6.76. The molecule has 0 aliphatic rings. The highest BCUT2D eigenvalue weighted by atomic mass is 32.1. The van der Waals surface area contributed by atoms with E-state index in [0.717, 1.165) is 33.8 Å². The number of amides is 1. The van der Waals surface area contributed by atoms with Gasteiger partial charge in [0.25, 0.3) is 5.91 Å². The molecule has 1 amide bonds. The summed E-state index contributed by atoms with van der Waals surface area (Å²) in [5, 5.41) is 16.7. The summed E-state index contributed by atoms with van der Waals surface area (Å²) < 4.78 is 5.18. The highest BCUT2D eigenvalue weighted by Gasteiger charge is 2.19. The number of carbonyl (C=O) groups is 1. The number of hydrogen-bond acceptors (Lipinski definition) is 7. The monoisotopic (exact) mass is 414 g/mol. The van der Waals surface area contributed by atoms with Crippen molar-refractivity contribution in [1.29, 1.82) is 0 Å². The summed E-state index contributed by atoms with van der Waals surface area (Å²) in [6, 6.07) is 7.97. The first-order valence-corrected chi connectivity index (χ1v) is 10.4. The second-order valence-corrected chi connectivity index (χ2v) is 7.75. The molecule has 0 aliphatic carbocycles. The standard InChI is InChI=1S/C21H26N4O3S/c1-4-15(26)11-23-20(27)18-13(2)17-19(24-12-25-21(17)29-18)22-10-9-14-5-7-16(28-3)8-6-14/h5-8,12,15,26H,4,9-11H2,1-3H3,(H,23,27)(H,22,24,25). The van der Waals surface area contributed by atoms with Crippen LogP contribution in [0.25, 0.3) is 10.2 Å². The number of aliphatic hydroxyl groups excluding tert-OH is 1. The van der Waals surface area contributed by atoms with Gasteiger partial charge in [-0.3, -0.25) is 4.79 Å². The molecule has 3 aromatic rings. The minimum atomic E-state index is -0.538. The summed E-state index contributed by atoms with van der Waals surface area (Å²) in [5.41, 5.74) is 2.04. The predicted molar refractivity (Wildman–Crippen MR) is 116 cm³/mol. The molecule has 0 aliphatic heterocycles. The van der Waals surface area contributed by atoms with Crippen LogP contribution in [-0.4, -0.2) is 47.3 Å². The van der Waals surface area contributed by atoms with Gasteiger partial charge in [0.05, 0.1) is 23.5 Å². The van der Waals surface area contributed by atoms with E-state index in [1.165, 1.54) is 23.2 Å². The fourth-order valence-corrected chi connectivity index (χ4v) is 4.04. The molecule has 7 nitrogen and oxygen atoms in total. The molecule has 1 unspecified atom stereocenters. The molecule has 3 N–H and O–H groups in total. The van der Waals surface area contributed by atoms with E-state index in [4.69, 9.17) is 4.74 Å². The zero-order valence-electron chi connectivity index (χ0n) is 16.9. The Hall–Kier alpha value is -2.71. The lowest BCUT2D eigenvalue weighted by atomic mass is 10.1. The quantitative estimate of drug-likeness (QED) is 0.498. The Morgan fingerprint density at radius 1 is 1.28 bits per heavy atom. The third kappa shape index (κ3) is 5.02. The van der Waals surface area contributed by atoms with E-state index in [2.05, 4.69) is 20.6 Å². The largest absolute Gasteiger partial charge is 0.497 e. The van der Waals surface area contributed by atoms with Crippen molar-refractivity contribution in [3.8, 4) is 5.75 Å². The Bertz CT molecular complexity index is 972. The Kier molecular flexibility index (Phi) is 7.00. The number of aryl methyl sites for hydroxylation is 1. The van der Waals surface area contributed by atoms with E-state index in [0.29, 0.717) is 17.8 Å². The Balaban J connectivity index is 1.71. The van der Waals surface area contributed by atoms with Gasteiger partial charge in [0.2, 0.25) is 0 Å². The number of rotatable bonds is 9. The van der Waals surface area contributed by atoms with Crippen molar-refractivity contribution in [2.24, 2.45) is 0 Å². The highest BCUT2D eigenvalue weighted by Crippen LogP contribution is 2.33. The number of aromatic nitrogens is 2. The van der Waals surface area contributed by atoms with Crippen molar-refractivity contribution in [1.82, 2.24) is 15.3 Å². The van der Waals surface area contributed by atoms with E-state index in [1.54, 1.807) is 7.11 Å². The Labute approximate surface area is 174 Å². The number of aliphatic hydroxyl groups is 1. The molecule has 2 aromatic heterocycles. The average molecular weight is 415 g/mol. The van der Waals surface area contributed by atoms with Crippen LogP contribution in [0.4, 0.5) is 5.82 Å². The number of fused-ring (bicyclic) bond motifs is 1. The fraction of sp³-hybridized carbons (Fsp3) is 0.381. The number of carbonyl (C=O) groups excluding carboxylic acids is 1. The minimum absolute atomic E-state index is 0.192. The minimum Gasteiger partial charge on any atom is -0.497 e. The summed E-state index contributed by atoms with van der Waals surface area (Å²) in [6.07, 6.45) is 2.40. The first-order valence-electron chi connectivity index (χ1n) is 9.60. The number of nitrogens with zero attached hydrogens (tertiary/aromatic N) is 2. The first-order chi connectivity index (χ1) is 14.0. The molecule has 29 heavy (non-hydrogen) atoms. The van der Waals surface area contributed by atoms with Crippen LogP contribution in [0.3, 0.4) is 0 Å². The maximum absolute atomic E-state index is 12.5. The topological polar surface area (TPSA) is 96.4 Å². The second kappa shape index (κ2) is 9.67. The zero-order valence-corrected chi connectivity index (χ0v) is 17.7. The van der Waals surface area contributed by atoms with Gasteiger partial charge in [-0.25, -0.2) is 9.97 Å². The van der Waals surface area contributed by atoms with Crippen molar-refractivity contribution in [3.05, 3.63) is 46.6 Å². The van der Waals surface area contributed by atoms with Gasteiger partial charge in [-0.1, -0.05) is 19.1 Å². The summed E-state index contributed by atoms with van der Waals surface area (Å²) >= 11 is 1.34. The molecule has 0 spiro atoms. The van der Waals surface area contributed by atoms with Crippen LogP contribution >= 0.6 is 11.3 Å². The van der Waals surface area contributed by atoms with Gasteiger partial charge in [0.15, 0.2) is 0 Å². The number of anilines is 1.